The standard InChI is InChI=1S/C12H18N2O2S/c1-2-17(15,16)6-5-14-8-10-3-4-12(13)7-11(10)9-14/h3-4,7H,2,5-6,8-9,13H2,1H3. The third kappa shape index (κ3) is 2.98. The molecule has 0 bridgehead atoms. The molecular weight excluding hydrogens is 236 g/mol. The topological polar surface area (TPSA) is 63.4 Å². The molecule has 0 fully saturated rings. The second-order valence-corrected chi connectivity index (χ2v) is 6.95. The van der Waals surface area contributed by atoms with Crippen LogP contribution in [0, 0.1) is 0 Å². The molecule has 1 aliphatic heterocycles. The van der Waals surface area contributed by atoms with E-state index in [2.05, 4.69) is 4.90 Å². The lowest BCUT2D eigenvalue weighted by Gasteiger charge is -2.13. The first kappa shape index (κ1) is 12.4. The van der Waals surface area contributed by atoms with E-state index >= 15 is 0 Å². The molecule has 2 N–H and O–H groups in total. The summed E-state index contributed by atoms with van der Waals surface area (Å²) >= 11 is 0. The summed E-state index contributed by atoms with van der Waals surface area (Å²) in [5.41, 5.74) is 8.98. The van der Waals surface area contributed by atoms with E-state index < -0.39 is 9.84 Å². The van der Waals surface area contributed by atoms with Crippen LogP contribution in [-0.4, -0.2) is 31.4 Å². The highest BCUT2D eigenvalue weighted by Crippen LogP contribution is 2.24. The van der Waals surface area contributed by atoms with E-state index in [1.165, 1.54) is 11.1 Å². The van der Waals surface area contributed by atoms with E-state index in [0.29, 0.717) is 6.54 Å². The minimum Gasteiger partial charge on any atom is -0.399 e. The summed E-state index contributed by atoms with van der Waals surface area (Å²) in [4.78, 5) is 2.15. The van der Waals surface area contributed by atoms with E-state index in [-0.39, 0.29) is 11.5 Å². The van der Waals surface area contributed by atoms with Gasteiger partial charge in [0.2, 0.25) is 0 Å². The lowest BCUT2D eigenvalue weighted by atomic mass is 10.1. The lowest BCUT2D eigenvalue weighted by molar-refractivity contribution is 0.301. The normalized spacial score (nSPS) is 16.1. The summed E-state index contributed by atoms with van der Waals surface area (Å²) in [5.74, 6) is 0.466. The van der Waals surface area contributed by atoms with Crippen molar-refractivity contribution in [3.05, 3.63) is 29.3 Å². The number of hydrogen-bond donors (Lipinski definition) is 1. The first-order chi connectivity index (χ1) is 8.00. The Balaban J connectivity index is 1.97. The van der Waals surface area contributed by atoms with E-state index in [1.807, 2.05) is 18.2 Å². The van der Waals surface area contributed by atoms with Crippen LogP contribution in [0.3, 0.4) is 0 Å². The molecule has 17 heavy (non-hydrogen) atoms. The van der Waals surface area contributed by atoms with Gasteiger partial charge in [0.05, 0.1) is 5.75 Å². The van der Waals surface area contributed by atoms with Crippen molar-refractivity contribution < 1.29 is 8.42 Å². The Hall–Kier alpha value is -1.07. The van der Waals surface area contributed by atoms with Gasteiger partial charge in [0.1, 0.15) is 0 Å². The van der Waals surface area contributed by atoms with Crippen LogP contribution < -0.4 is 5.73 Å². The molecule has 0 aromatic heterocycles. The van der Waals surface area contributed by atoms with E-state index in [0.717, 1.165) is 18.8 Å². The van der Waals surface area contributed by atoms with Gasteiger partial charge >= 0.3 is 0 Å². The monoisotopic (exact) mass is 254 g/mol. The number of hydrogen-bond acceptors (Lipinski definition) is 4. The van der Waals surface area contributed by atoms with Gasteiger partial charge in [-0.25, -0.2) is 8.42 Å². The predicted molar refractivity (Wildman–Crippen MR) is 69.3 cm³/mol. The summed E-state index contributed by atoms with van der Waals surface area (Å²) < 4.78 is 22.9. The summed E-state index contributed by atoms with van der Waals surface area (Å²) in [7, 11) is -2.87. The Kier molecular flexibility index (Phi) is 3.40. The molecule has 94 valence electrons. The van der Waals surface area contributed by atoms with Crippen LogP contribution in [-0.2, 0) is 22.9 Å². The van der Waals surface area contributed by atoms with Crippen LogP contribution >= 0.6 is 0 Å². The molecule has 0 radical (unpaired) electrons. The van der Waals surface area contributed by atoms with Gasteiger partial charge in [0, 0.05) is 31.1 Å². The number of benzene rings is 1. The zero-order chi connectivity index (χ0) is 12.5. The van der Waals surface area contributed by atoms with Crippen molar-refractivity contribution in [2.45, 2.75) is 20.0 Å². The summed E-state index contributed by atoms with van der Waals surface area (Å²) in [6.45, 7) is 3.92. The molecule has 0 saturated heterocycles. The Bertz CT molecular complexity index is 511. The van der Waals surface area contributed by atoms with Gasteiger partial charge in [0.25, 0.3) is 0 Å². The maximum absolute atomic E-state index is 11.4. The summed E-state index contributed by atoms with van der Waals surface area (Å²) in [6.07, 6.45) is 0. The van der Waals surface area contributed by atoms with Crippen molar-refractivity contribution >= 4 is 15.5 Å². The molecule has 0 spiro atoms. The van der Waals surface area contributed by atoms with Gasteiger partial charge in [-0.05, 0) is 23.3 Å². The van der Waals surface area contributed by atoms with Crippen molar-refractivity contribution in [2.24, 2.45) is 0 Å². The average Bonchev–Trinajstić information content (AvgIpc) is 2.68. The molecule has 0 saturated carbocycles. The van der Waals surface area contributed by atoms with Crippen LogP contribution in [0.2, 0.25) is 0 Å². The molecule has 1 heterocycles. The number of sulfone groups is 1. The fraction of sp³-hybridized carbons (Fsp3) is 0.500. The molecule has 0 atom stereocenters. The maximum atomic E-state index is 11.4. The third-order valence-electron chi connectivity index (χ3n) is 3.18. The van der Waals surface area contributed by atoms with Gasteiger partial charge in [0.15, 0.2) is 9.84 Å². The second kappa shape index (κ2) is 4.66. The Morgan fingerprint density at radius 1 is 1.29 bits per heavy atom. The number of nitrogens with zero attached hydrogens (tertiary/aromatic N) is 1. The smallest absolute Gasteiger partial charge is 0.151 e. The number of rotatable bonds is 4. The molecule has 2 rings (SSSR count). The van der Waals surface area contributed by atoms with Crippen molar-refractivity contribution in [3.63, 3.8) is 0 Å². The molecular formula is C12H18N2O2S. The Labute approximate surface area is 102 Å². The minimum atomic E-state index is -2.87. The van der Waals surface area contributed by atoms with Crippen LogP contribution in [0.1, 0.15) is 18.1 Å². The second-order valence-electron chi connectivity index (χ2n) is 4.48. The number of nitrogens with two attached hydrogens (primary N) is 1. The van der Waals surface area contributed by atoms with E-state index in [9.17, 15) is 8.42 Å². The van der Waals surface area contributed by atoms with E-state index in [1.54, 1.807) is 6.92 Å². The van der Waals surface area contributed by atoms with Crippen LogP contribution in [0.5, 0.6) is 0 Å². The van der Waals surface area contributed by atoms with Crippen molar-refractivity contribution in [1.82, 2.24) is 4.90 Å². The SMILES string of the molecule is CCS(=O)(=O)CCN1Cc2ccc(N)cc2C1. The summed E-state index contributed by atoms with van der Waals surface area (Å²) in [5, 5.41) is 0. The molecule has 0 unspecified atom stereocenters. The highest BCUT2D eigenvalue weighted by Gasteiger charge is 2.20. The lowest BCUT2D eigenvalue weighted by Crippen LogP contribution is -2.25. The molecule has 5 heteroatoms. The van der Waals surface area contributed by atoms with Crippen molar-refractivity contribution in [2.75, 3.05) is 23.8 Å². The zero-order valence-electron chi connectivity index (χ0n) is 10.0. The largest absolute Gasteiger partial charge is 0.399 e. The van der Waals surface area contributed by atoms with Crippen LogP contribution in [0.25, 0.3) is 0 Å². The molecule has 0 amide bonds. The zero-order valence-corrected chi connectivity index (χ0v) is 10.8. The first-order valence-electron chi connectivity index (χ1n) is 5.80. The number of fused-ring (bicyclic) bond motifs is 1. The van der Waals surface area contributed by atoms with Crippen molar-refractivity contribution in [1.29, 1.82) is 0 Å². The van der Waals surface area contributed by atoms with Crippen LogP contribution in [0.15, 0.2) is 18.2 Å². The fourth-order valence-electron chi connectivity index (χ4n) is 2.06. The molecule has 1 aromatic carbocycles. The highest BCUT2D eigenvalue weighted by atomic mass is 32.2. The minimum absolute atomic E-state index is 0.223. The number of nitrogen functional groups attached to an aromatic ring is 1. The van der Waals surface area contributed by atoms with E-state index in [4.69, 9.17) is 5.73 Å². The van der Waals surface area contributed by atoms with Gasteiger partial charge in [-0.3, -0.25) is 4.90 Å². The quantitative estimate of drug-likeness (QED) is 0.815. The van der Waals surface area contributed by atoms with Gasteiger partial charge in [-0.2, -0.15) is 0 Å². The fourth-order valence-corrected chi connectivity index (χ4v) is 2.88. The van der Waals surface area contributed by atoms with Gasteiger partial charge in [-0.1, -0.05) is 13.0 Å². The molecule has 1 aliphatic rings. The third-order valence-corrected chi connectivity index (χ3v) is 4.86. The van der Waals surface area contributed by atoms with Gasteiger partial charge in [-0.15, -0.1) is 0 Å². The molecule has 0 aliphatic carbocycles. The highest BCUT2D eigenvalue weighted by molar-refractivity contribution is 7.91. The summed E-state index contributed by atoms with van der Waals surface area (Å²) in [6, 6.07) is 5.90. The Morgan fingerprint density at radius 2 is 2.00 bits per heavy atom. The van der Waals surface area contributed by atoms with Crippen LogP contribution in [0.4, 0.5) is 5.69 Å². The first-order valence-corrected chi connectivity index (χ1v) is 7.62. The predicted octanol–water partition coefficient (Wildman–Crippen LogP) is 1.02. The Morgan fingerprint density at radius 3 is 2.71 bits per heavy atom. The van der Waals surface area contributed by atoms with Crippen molar-refractivity contribution in [3.8, 4) is 0 Å². The number of anilines is 1. The maximum Gasteiger partial charge on any atom is 0.151 e. The van der Waals surface area contributed by atoms with Gasteiger partial charge < -0.3 is 5.73 Å². The molecule has 1 aromatic rings. The molecule has 4 nitrogen and oxygen atoms in total. The average molecular weight is 254 g/mol.